The van der Waals surface area contributed by atoms with Gasteiger partial charge in [-0.15, -0.1) is 0 Å². The quantitative estimate of drug-likeness (QED) is 0.754. The fourth-order valence-corrected chi connectivity index (χ4v) is 3.03. The molecule has 1 heterocycles. The van der Waals surface area contributed by atoms with Crippen LogP contribution in [0.5, 0.6) is 0 Å². The van der Waals surface area contributed by atoms with Crippen LogP contribution in [0.2, 0.25) is 0 Å². The summed E-state index contributed by atoms with van der Waals surface area (Å²) in [7, 11) is 0. The minimum Gasteiger partial charge on any atom is -0.394 e. The Hall–Kier alpha value is -1.75. The molecule has 2 rings (SSSR count). The largest absolute Gasteiger partial charge is 0.394 e. The predicted octanol–water partition coefficient (Wildman–Crippen LogP) is 3.21. The second-order valence-corrected chi connectivity index (χ2v) is 6.71. The molecule has 0 bridgehead atoms. The second kappa shape index (κ2) is 8.77. The van der Waals surface area contributed by atoms with E-state index in [0.717, 1.165) is 30.9 Å². The van der Waals surface area contributed by atoms with Crippen LogP contribution in [0.3, 0.4) is 0 Å². The Morgan fingerprint density at radius 3 is 2.65 bits per heavy atom. The third kappa shape index (κ3) is 5.75. The molecular weight excluding hydrogens is 290 g/mol. The molecule has 1 fully saturated rings. The lowest BCUT2D eigenvalue weighted by molar-refractivity contribution is 0.214. The Morgan fingerprint density at radius 2 is 2.00 bits per heavy atom. The number of rotatable bonds is 6. The van der Waals surface area contributed by atoms with E-state index in [1.54, 1.807) is 0 Å². The standard InChI is InChI=1S/C18H29N3O2/c1-14(2)11-16(13-22)20-18(23)19-15-7-6-8-17(12-15)21-9-4-3-5-10-21/h6-8,12,14,16,22H,3-5,9-11,13H2,1-2H3,(H2,19,20,23). The number of hydrogen-bond acceptors (Lipinski definition) is 3. The molecule has 128 valence electrons. The van der Waals surface area contributed by atoms with E-state index in [1.807, 2.05) is 18.2 Å². The number of aliphatic hydroxyl groups is 1. The SMILES string of the molecule is CC(C)CC(CO)NC(=O)Nc1cccc(N2CCCCC2)c1. The van der Waals surface area contributed by atoms with Crippen LogP contribution in [-0.4, -0.2) is 36.9 Å². The van der Waals surface area contributed by atoms with Crippen LogP contribution < -0.4 is 15.5 Å². The summed E-state index contributed by atoms with van der Waals surface area (Å²) in [5.74, 6) is 0.426. The molecule has 0 aromatic heterocycles. The van der Waals surface area contributed by atoms with E-state index in [4.69, 9.17) is 0 Å². The van der Waals surface area contributed by atoms with E-state index in [2.05, 4.69) is 35.4 Å². The Balaban J connectivity index is 1.92. The third-order valence-corrected chi connectivity index (χ3v) is 4.14. The van der Waals surface area contributed by atoms with E-state index in [1.165, 1.54) is 19.3 Å². The lowest BCUT2D eigenvalue weighted by Gasteiger charge is -2.29. The van der Waals surface area contributed by atoms with Crippen molar-refractivity contribution in [2.45, 2.75) is 45.6 Å². The number of nitrogens with one attached hydrogen (secondary N) is 2. The van der Waals surface area contributed by atoms with Crippen molar-refractivity contribution in [1.29, 1.82) is 0 Å². The van der Waals surface area contributed by atoms with Crippen LogP contribution in [0.15, 0.2) is 24.3 Å². The van der Waals surface area contributed by atoms with Gasteiger partial charge in [0.2, 0.25) is 0 Å². The van der Waals surface area contributed by atoms with Gasteiger partial charge in [-0.3, -0.25) is 0 Å². The summed E-state index contributed by atoms with van der Waals surface area (Å²) >= 11 is 0. The van der Waals surface area contributed by atoms with Gasteiger partial charge in [0.25, 0.3) is 0 Å². The van der Waals surface area contributed by atoms with Crippen LogP contribution in [0.1, 0.15) is 39.5 Å². The zero-order chi connectivity index (χ0) is 16.7. The van der Waals surface area contributed by atoms with E-state index < -0.39 is 0 Å². The van der Waals surface area contributed by atoms with Crippen LogP contribution in [-0.2, 0) is 0 Å². The average molecular weight is 319 g/mol. The van der Waals surface area contributed by atoms with Gasteiger partial charge in [-0.1, -0.05) is 19.9 Å². The lowest BCUT2D eigenvalue weighted by atomic mass is 10.0. The van der Waals surface area contributed by atoms with Gasteiger partial charge >= 0.3 is 6.03 Å². The minimum absolute atomic E-state index is 0.0422. The highest BCUT2D eigenvalue weighted by atomic mass is 16.3. The summed E-state index contributed by atoms with van der Waals surface area (Å²) in [6.45, 7) is 6.27. The molecular formula is C18H29N3O2. The lowest BCUT2D eigenvalue weighted by Crippen LogP contribution is -2.41. The third-order valence-electron chi connectivity index (χ3n) is 4.14. The summed E-state index contributed by atoms with van der Waals surface area (Å²) in [6, 6.07) is 7.49. The summed E-state index contributed by atoms with van der Waals surface area (Å²) in [5.41, 5.74) is 1.94. The van der Waals surface area contributed by atoms with E-state index in [9.17, 15) is 9.90 Å². The van der Waals surface area contributed by atoms with Gasteiger partial charge in [0.15, 0.2) is 0 Å². The van der Waals surface area contributed by atoms with Crippen molar-refractivity contribution in [2.75, 3.05) is 29.9 Å². The smallest absolute Gasteiger partial charge is 0.319 e. The first-order chi connectivity index (χ1) is 11.1. The van der Waals surface area contributed by atoms with Crippen molar-refractivity contribution >= 4 is 17.4 Å². The van der Waals surface area contributed by atoms with Crippen LogP contribution in [0.4, 0.5) is 16.2 Å². The number of amides is 2. The first kappa shape index (κ1) is 17.6. The van der Waals surface area contributed by atoms with Crippen molar-refractivity contribution in [1.82, 2.24) is 5.32 Å². The van der Waals surface area contributed by atoms with E-state index in [-0.39, 0.29) is 18.7 Å². The first-order valence-corrected chi connectivity index (χ1v) is 8.62. The fraction of sp³-hybridized carbons (Fsp3) is 0.611. The zero-order valence-corrected chi connectivity index (χ0v) is 14.2. The fourth-order valence-electron chi connectivity index (χ4n) is 3.03. The van der Waals surface area contributed by atoms with Crippen molar-refractivity contribution in [3.05, 3.63) is 24.3 Å². The topological polar surface area (TPSA) is 64.6 Å². The predicted molar refractivity (Wildman–Crippen MR) is 95.0 cm³/mol. The number of urea groups is 1. The summed E-state index contributed by atoms with van der Waals surface area (Å²) in [4.78, 5) is 14.5. The maximum atomic E-state index is 12.1. The number of nitrogens with zero attached hydrogens (tertiary/aromatic N) is 1. The molecule has 1 aromatic carbocycles. The zero-order valence-electron chi connectivity index (χ0n) is 14.2. The molecule has 1 saturated heterocycles. The highest BCUT2D eigenvalue weighted by Crippen LogP contribution is 2.23. The molecule has 0 spiro atoms. The van der Waals surface area contributed by atoms with E-state index in [0.29, 0.717) is 5.92 Å². The monoisotopic (exact) mass is 319 g/mol. The molecule has 1 unspecified atom stereocenters. The molecule has 0 radical (unpaired) electrons. The number of piperidine rings is 1. The van der Waals surface area contributed by atoms with Gasteiger partial charge in [0.1, 0.15) is 0 Å². The number of benzene rings is 1. The number of carbonyl (C=O) groups excluding carboxylic acids is 1. The molecule has 5 nitrogen and oxygen atoms in total. The molecule has 0 saturated carbocycles. The highest BCUT2D eigenvalue weighted by Gasteiger charge is 2.14. The summed E-state index contributed by atoms with van der Waals surface area (Å²) in [6.07, 6.45) is 4.52. The Kier molecular flexibility index (Phi) is 6.71. The second-order valence-electron chi connectivity index (χ2n) is 6.71. The van der Waals surface area contributed by atoms with Gasteiger partial charge in [0, 0.05) is 24.5 Å². The van der Waals surface area contributed by atoms with Crippen molar-refractivity contribution in [2.24, 2.45) is 5.92 Å². The first-order valence-electron chi connectivity index (χ1n) is 8.62. The van der Waals surface area contributed by atoms with Crippen LogP contribution in [0.25, 0.3) is 0 Å². The van der Waals surface area contributed by atoms with Gasteiger partial charge < -0.3 is 20.6 Å². The molecule has 3 N–H and O–H groups in total. The molecule has 1 aliphatic heterocycles. The van der Waals surface area contributed by atoms with Crippen molar-refractivity contribution < 1.29 is 9.90 Å². The Labute approximate surface area is 139 Å². The number of carbonyl (C=O) groups is 1. The summed E-state index contributed by atoms with van der Waals surface area (Å²) < 4.78 is 0. The Morgan fingerprint density at radius 1 is 1.26 bits per heavy atom. The van der Waals surface area contributed by atoms with Gasteiger partial charge in [-0.25, -0.2) is 4.79 Å². The molecule has 1 aromatic rings. The number of aliphatic hydroxyl groups excluding tert-OH is 1. The van der Waals surface area contributed by atoms with Crippen LogP contribution >= 0.6 is 0 Å². The van der Waals surface area contributed by atoms with Gasteiger partial charge in [0.05, 0.1) is 12.6 Å². The maximum absolute atomic E-state index is 12.1. The maximum Gasteiger partial charge on any atom is 0.319 e. The summed E-state index contributed by atoms with van der Waals surface area (Å²) in [5, 5.41) is 15.1. The van der Waals surface area contributed by atoms with Gasteiger partial charge in [-0.2, -0.15) is 0 Å². The molecule has 1 atom stereocenters. The minimum atomic E-state index is -0.263. The molecule has 5 heteroatoms. The number of anilines is 2. The van der Waals surface area contributed by atoms with Crippen molar-refractivity contribution in [3.8, 4) is 0 Å². The normalized spacial score (nSPS) is 16.3. The van der Waals surface area contributed by atoms with E-state index >= 15 is 0 Å². The Bertz CT molecular complexity index is 499. The molecule has 1 aliphatic rings. The molecule has 23 heavy (non-hydrogen) atoms. The highest BCUT2D eigenvalue weighted by molar-refractivity contribution is 5.90. The van der Waals surface area contributed by atoms with Crippen molar-refractivity contribution in [3.63, 3.8) is 0 Å². The van der Waals surface area contributed by atoms with Crippen LogP contribution in [0, 0.1) is 5.92 Å². The molecule has 2 amide bonds. The molecule has 0 aliphatic carbocycles. The van der Waals surface area contributed by atoms with Gasteiger partial charge in [-0.05, 0) is 49.8 Å². The number of hydrogen-bond donors (Lipinski definition) is 3. The average Bonchev–Trinajstić information content (AvgIpc) is 2.54.